The van der Waals surface area contributed by atoms with E-state index in [2.05, 4.69) is 9.71 Å². The molecular weight excluding hydrogens is 421 g/mol. The summed E-state index contributed by atoms with van der Waals surface area (Å²) in [6.45, 7) is 0.0376. The second kappa shape index (κ2) is 8.88. The second-order valence-corrected chi connectivity index (χ2v) is 8.28. The summed E-state index contributed by atoms with van der Waals surface area (Å²) in [6.07, 6.45) is -2.83. The molecule has 1 N–H and O–H groups in total. The van der Waals surface area contributed by atoms with Crippen molar-refractivity contribution in [1.29, 1.82) is 0 Å². The maximum Gasteiger partial charge on any atom is 0.416 e. The summed E-state index contributed by atoms with van der Waals surface area (Å²) in [5.74, 6) is 0.535. The normalized spacial score (nSPS) is 12.1. The lowest BCUT2D eigenvalue weighted by molar-refractivity contribution is -0.137. The Hall–Kier alpha value is -2.85. The first-order valence-electron chi connectivity index (χ1n) is 8.88. The van der Waals surface area contributed by atoms with Gasteiger partial charge in [0, 0.05) is 18.5 Å². The van der Waals surface area contributed by atoms with Gasteiger partial charge in [0.1, 0.15) is 12.0 Å². The Bertz CT molecular complexity index is 1090. The minimum Gasteiger partial charge on any atom is -0.497 e. The average molecular weight is 440 g/mol. The molecule has 0 radical (unpaired) electrons. The molecule has 0 spiro atoms. The van der Waals surface area contributed by atoms with E-state index < -0.39 is 27.5 Å². The minimum absolute atomic E-state index is 0.0376. The highest BCUT2D eigenvalue weighted by atomic mass is 32.2. The maximum atomic E-state index is 12.8. The van der Waals surface area contributed by atoms with Crippen LogP contribution in [0.25, 0.3) is 11.5 Å². The number of nitrogens with one attached hydrogen (secondary N) is 1. The number of hydrogen-bond donors (Lipinski definition) is 1. The number of sulfonamides is 1. The van der Waals surface area contributed by atoms with Crippen molar-refractivity contribution in [3.05, 3.63) is 71.6 Å². The molecule has 1 aromatic heterocycles. The molecule has 0 saturated heterocycles. The number of rotatable bonds is 8. The van der Waals surface area contributed by atoms with E-state index in [1.807, 2.05) is 0 Å². The fraction of sp³-hybridized carbons (Fsp3) is 0.250. The van der Waals surface area contributed by atoms with E-state index in [0.717, 1.165) is 17.7 Å². The van der Waals surface area contributed by atoms with E-state index >= 15 is 0 Å². The standard InChI is InChI=1S/C20H19F3N2O4S/c1-28-18-7-5-15(6-8-18)19-25-17(12-29-19)9-10-24-30(26,27)13-14-3-2-4-16(11-14)20(21,22)23/h2-8,11-12,24H,9-10,13H2,1H3. The maximum absolute atomic E-state index is 12.8. The van der Waals surface area contributed by atoms with Crippen LogP contribution >= 0.6 is 0 Å². The van der Waals surface area contributed by atoms with Crippen LogP contribution in [0.15, 0.2) is 59.2 Å². The van der Waals surface area contributed by atoms with Crippen LogP contribution in [0.5, 0.6) is 5.75 Å². The first-order valence-corrected chi connectivity index (χ1v) is 10.5. The van der Waals surface area contributed by atoms with Gasteiger partial charge in [0.25, 0.3) is 0 Å². The van der Waals surface area contributed by atoms with Crippen molar-refractivity contribution in [1.82, 2.24) is 9.71 Å². The molecule has 0 aliphatic heterocycles. The van der Waals surface area contributed by atoms with Gasteiger partial charge in [0.05, 0.1) is 24.1 Å². The van der Waals surface area contributed by atoms with Gasteiger partial charge in [-0.15, -0.1) is 0 Å². The molecule has 0 bridgehead atoms. The molecule has 3 rings (SSSR count). The lowest BCUT2D eigenvalue weighted by atomic mass is 10.1. The lowest BCUT2D eigenvalue weighted by Crippen LogP contribution is -2.27. The molecular formula is C20H19F3N2O4S. The SMILES string of the molecule is COc1ccc(-c2nc(CCNS(=O)(=O)Cc3cccc(C(F)(F)F)c3)co2)cc1. The van der Waals surface area contributed by atoms with Crippen molar-refractivity contribution in [3.8, 4) is 17.2 Å². The molecule has 2 aromatic carbocycles. The van der Waals surface area contributed by atoms with E-state index in [4.69, 9.17) is 9.15 Å². The Morgan fingerprint density at radius 1 is 1.13 bits per heavy atom. The van der Waals surface area contributed by atoms with Crippen LogP contribution in [-0.2, 0) is 28.4 Å². The van der Waals surface area contributed by atoms with Gasteiger partial charge in [-0.3, -0.25) is 0 Å². The molecule has 0 fully saturated rings. The summed E-state index contributed by atoms with van der Waals surface area (Å²) in [4.78, 5) is 4.31. The van der Waals surface area contributed by atoms with Crippen LogP contribution in [0.3, 0.4) is 0 Å². The molecule has 0 unspecified atom stereocenters. The highest BCUT2D eigenvalue weighted by Crippen LogP contribution is 2.29. The monoisotopic (exact) mass is 440 g/mol. The van der Waals surface area contributed by atoms with Crippen molar-refractivity contribution >= 4 is 10.0 Å². The second-order valence-electron chi connectivity index (χ2n) is 6.47. The van der Waals surface area contributed by atoms with Crippen LogP contribution in [0, 0.1) is 0 Å². The molecule has 0 saturated carbocycles. The van der Waals surface area contributed by atoms with Crippen LogP contribution < -0.4 is 9.46 Å². The summed E-state index contributed by atoms with van der Waals surface area (Å²) in [5.41, 5.74) is 0.458. The van der Waals surface area contributed by atoms with E-state index in [1.165, 1.54) is 18.4 Å². The van der Waals surface area contributed by atoms with Gasteiger partial charge in [-0.05, 0) is 35.9 Å². The minimum atomic E-state index is -4.53. The number of ether oxygens (including phenoxy) is 1. The zero-order chi connectivity index (χ0) is 21.8. The summed E-state index contributed by atoms with van der Waals surface area (Å²) in [5, 5.41) is 0. The number of aromatic nitrogens is 1. The molecule has 3 aromatic rings. The van der Waals surface area contributed by atoms with Gasteiger partial charge < -0.3 is 9.15 Å². The number of hydrogen-bond acceptors (Lipinski definition) is 5. The van der Waals surface area contributed by atoms with E-state index in [-0.39, 0.29) is 18.5 Å². The Balaban J connectivity index is 1.56. The predicted octanol–water partition coefficient (Wildman–Crippen LogP) is 4.03. The molecule has 10 heteroatoms. The number of halogens is 3. The summed E-state index contributed by atoms with van der Waals surface area (Å²) in [6, 6.07) is 11.4. The van der Waals surface area contributed by atoms with Crippen molar-refractivity contribution in [2.75, 3.05) is 13.7 Å². The van der Waals surface area contributed by atoms with E-state index in [0.29, 0.717) is 17.3 Å². The van der Waals surface area contributed by atoms with Gasteiger partial charge in [-0.25, -0.2) is 18.1 Å². The quantitative estimate of drug-likeness (QED) is 0.572. The molecule has 160 valence electrons. The van der Waals surface area contributed by atoms with Crippen molar-refractivity contribution in [2.45, 2.75) is 18.3 Å². The van der Waals surface area contributed by atoms with Gasteiger partial charge in [-0.2, -0.15) is 13.2 Å². The number of oxazole rings is 1. The fourth-order valence-electron chi connectivity index (χ4n) is 2.73. The van der Waals surface area contributed by atoms with Crippen molar-refractivity contribution < 1.29 is 30.7 Å². The van der Waals surface area contributed by atoms with Crippen LogP contribution in [0.2, 0.25) is 0 Å². The first kappa shape index (κ1) is 21.8. The first-order chi connectivity index (χ1) is 14.2. The third kappa shape index (κ3) is 5.83. The Morgan fingerprint density at radius 3 is 2.53 bits per heavy atom. The van der Waals surface area contributed by atoms with Gasteiger partial charge in [0.15, 0.2) is 0 Å². The predicted molar refractivity (Wildman–Crippen MR) is 104 cm³/mol. The van der Waals surface area contributed by atoms with Crippen LogP contribution in [0.4, 0.5) is 13.2 Å². The van der Waals surface area contributed by atoms with Gasteiger partial charge in [0.2, 0.25) is 15.9 Å². The van der Waals surface area contributed by atoms with Crippen LogP contribution in [0.1, 0.15) is 16.8 Å². The smallest absolute Gasteiger partial charge is 0.416 e. The third-order valence-corrected chi connectivity index (χ3v) is 5.56. The lowest BCUT2D eigenvalue weighted by Gasteiger charge is -2.09. The topological polar surface area (TPSA) is 81.4 Å². The molecule has 1 heterocycles. The number of methoxy groups -OCH3 is 1. The van der Waals surface area contributed by atoms with Crippen LogP contribution in [-0.4, -0.2) is 27.1 Å². The zero-order valence-electron chi connectivity index (χ0n) is 15.9. The third-order valence-electron chi connectivity index (χ3n) is 4.20. The molecule has 30 heavy (non-hydrogen) atoms. The molecule has 0 atom stereocenters. The summed E-state index contributed by atoms with van der Waals surface area (Å²) >= 11 is 0. The number of nitrogens with zero attached hydrogens (tertiary/aromatic N) is 1. The van der Waals surface area contributed by atoms with Crippen molar-refractivity contribution in [2.24, 2.45) is 0 Å². The number of alkyl halides is 3. The summed E-state index contributed by atoms with van der Waals surface area (Å²) in [7, 11) is -2.25. The Morgan fingerprint density at radius 2 is 1.87 bits per heavy atom. The highest BCUT2D eigenvalue weighted by molar-refractivity contribution is 7.88. The fourth-order valence-corrected chi connectivity index (χ4v) is 3.86. The number of benzene rings is 2. The van der Waals surface area contributed by atoms with Gasteiger partial charge >= 0.3 is 6.18 Å². The largest absolute Gasteiger partial charge is 0.497 e. The Labute approximate surface area is 171 Å². The zero-order valence-corrected chi connectivity index (χ0v) is 16.8. The molecule has 0 aliphatic carbocycles. The van der Waals surface area contributed by atoms with E-state index in [1.54, 1.807) is 31.4 Å². The summed E-state index contributed by atoms with van der Waals surface area (Å²) < 4.78 is 75.6. The molecule has 0 aliphatic rings. The molecule has 6 nitrogen and oxygen atoms in total. The van der Waals surface area contributed by atoms with Gasteiger partial charge in [-0.1, -0.05) is 18.2 Å². The Kier molecular flexibility index (Phi) is 6.47. The van der Waals surface area contributed by atoms with E-state index in [9.17, 15) is 21.6 Å². The van der Waals surface area contributed by atoms with Crippen molar-refractivity contribution in [3.63, 3.8) is 0 Å². The molecule has 0 amide bonds. The highest BCUT2D eigenvalue weighted by Gasteiger charge is 2.30. The average Bonchev–Trinajstić information content (AvgIpc) is 3.16.